The lowest BCUT2D eigenvalue weighted by atomic mass is 10.0. The van der Waals surface area contributed by atoms with Crippen molar-refractivity contribution in [2.75, 3.05) is 0 Å². The summed E-state index contributed by atoms with van der Waals surface area (Å²) in [6.45, 7) is 8.15. The summed E-state index contributed by atoms with van der Waals surface area (Å²) >= 11 is 0. The third-order valence-corrected chi connectivity index (χ3v) is 2.13. The van der Waals surface area contributed by atoms with Gasteiger partial charge in [0.25, 0.3) is 0 Å². The van der Waals surface area contributed by atoms with Gasteiger partial charge in [-0.1, -0.05) is 50.8 Å². The largest absolute Gasteiger partial charge is 0.102 e. The van der Waals surface area contributed by atoms with E-state index in [9.17, 15) is 0 Å². The Bertz CT molecular complexity index is 122. The van der Waals surface area contributed by atoms with Gasteiger partial charge in [0.15, 0.2) is 0 Å². The summed E-state index contributed by atoms with van der Waals surface area (Å²) in [4.78, 5) is 0. The second kappa shape index (κ2) is 8.58. The molecule has 0 aromatic rings. The predicted molar refractivity (Wildman–Crippen MR) is 57.3 cm³/mol. The van der Waals surface area contributed by atoms with Crippen LogP contribution in [0.15, 0.2) is 24.8 Å². The molecule has 12 heavy (non-hydrogen) atoms. The van der Waals surface area contributed by atoms with E-state index in [1.807, 2.05) is 6.08 Å². The Labute approximate surface area is 77.4 Å². The van der Waals surface area contributed by atoms with Crippen molar-refractivity contribution in [3.8, 4) is 0 Å². The Kier molecular flexibility index (Phi) is 8.20. The summed E-state index contributed by atoms with van der Waals surface area (Å²) in [7, 11) is 0. The maximum absolute atomic E-state index is 3.83. The van der Waals surface area contributed by atoms with Crippen LogP contribution in [0.2, 0.25) is 0 Å². The van der Waals surface area contributed by atoms with Crippen molar-refractivity contribution < 1.29 is 0 Å². The molecule has 0 aliphatic carbocycles. The average Bonchev–Trinajstić information content (AvgIpc) is 2.10. The first kappa shape index (κ1) is 11.5. The van der Waals surface area contributed by atoms with Crippen LogP contribution in [0.1, 0.15) is 46.0 Å². The number of unbranched alkanes of at least 4 members (excludes halogenated alkanes) is 3. The molecule has 0 saturated heterocycles. The van der Waals surface area contributed by atoms with Gasteiger partial charge >= 0.3 is 0 Å². The maximum atomic E-state index is 3.83. The van der Waals surface area contributed by atoms with Gasteiger partial charge in [-0.3, -0.25) is 0 Å². The SMILES string of the molecule is C=CC(/C=C\C)CCCCCC. The molecule has 0 aromatic carbocycles. The number of hydrogen-bond donors (Lipinski definition) is 0. The van der Waals surface area contributed by atoms with Crippen LogP contribution < -0.4 is 0 Å². The van der Waals surface area contributed by atoms with E-state index in [4.69, 9.17) is 0 Å². The van der Waals surface area contributed by atoms with Gasteiger partial charge in [0.05, 0.1) is 0 Å². The van der Waals surface area contributed by atoms with Crippen molar-refractivity contribution in [3.05, 3.63) is 24.8 Å². The van der Waals surface area contributed by atoms with Gasteiger partial charge in [-0.25, -0.2) is 0 Å². The van der Waals surface area contributed by atoms with Crippen LogP contribution in [-0.4, -0.2) is 0 Å². The van der Waals surface area contributed by atoms with Crippen LogP contribution in [0, 0.1) is 5.92 Å². The van der Waals surface area contributed by atoms with E-state index in [-0.39, 0.29) is 0 Å². The summed E-state index contributed by atoms with van der Waals surface area (Å²) in [5.41, 5.74) is 0. The molecule has 0 fully saturated rings. The second-order valence-corrected chi connectivity index (χ2v) is 3.27. The zero-order chi connectivity index (χ0) is 9.23. The lowest BCUT2D eigenvalue weighted by molar-refractivity contribution is 0.590. The Morgan fingerprint density at radius 1 is 1.25 bits per heavy atom. The summed E-state index contributed by atoms with van der Waals surface area (Å²) in [5, 5.41) is 0. The normalized spacial score (nSPS) is 13.5. The molecule has 0 amide bonds. The highest BCUT2D eigenvalue weighted by Gasteiger charge is 1.97. The minimum atomic E-state index is 0.604. The Morgan fingerprint density at radius 3 is 2.50 bits per heavy atom. The molecule has 0 spiro atoms. The molecule has 0 aliphatic heterocycles. The molecule has 0 nitrogen and oxygen atoms in total. The molecule has 0 heteroatoms. The lowest BCUT2D eigenvalue weighted by Gasteiger charge is -2.05. The number of allylic oxidation sites excluding steroid dienone is 3. The molecule has 1 unspecified atom stereocenters. The fourth-order valence-corrected chi connectivity index (χ4v) is 1.35. The molecule has 1 atom stereocenters. The molecular weight excluding hydrogens is 144 g/mol. The van der Waals surface area contributed by atoms with Crippen LogP contribution in [0.25, 0.3) is 0 Å². The Balaban J connectivity index is 3.38. The molecule has 0 N–H and O–H groups in total. The first-order chi connectivity index (χ1) is 5.85. The zero-order valence-electron chi connectivity index (χ0n) is 8.55. The highest BCUT2D eigenvalue weighted by Crippen LogP contribution is 2.12. The molecular formula is C12H22. The molecule has 0 bridgehead atoms. The maximum Gasteiger partial charge on any atom is -0.00563 e. The van der Waals surface area contributed by atoms with Crippen molar-refractivity contribution in [1.82, 2.24) is 0 Å². The third-order valence-electron chi connectivity index (χ3n) is 2.13. The van der Waals surface area contributed by atoms with Crippen LogP contribution in [-0.2, 0) is 0 Å². The van der Waals surface area contributed by atoms with E-state index in [1.54, 1.807) is 0 Å². The number of hydrogen-bond acceptors (Lipinski definition) is 0. The van der Waals surface area contributed by atoms with Gasteiger partial charge in [-0.05, 0) is 19.3 Å². The van der Waals surface area contributed by atoms with Crippen molar-refractivity contribution in [2.24, 2.45) is 5.92 Å². The zero-order valence-corrected chi connectivity index (χ0v) is 8.55. The van der Waals surface area contributed by atoms with E-state index in [2.05, 4.69) is 32.6 Å². The smallest absolute Gasteiger partial charge is 0.00563 e. The summed E-state index contributed by atoms with van der Waals surface area (Å²) < 4.78 is 0. The third kappa shape index (κ3) is 6.21. The summed E-state index contributed by atoms with van der Waals surface area (Å²) in [6.07, 6.45) is 13.1. The van der Waals surface area contributed by atoms with Gasteiger partial charge in [-0.15, -0.1) is 6.58 Å². The van der Waals surface area contributed by atoms with E-state index in [0.29, 0.717) is 5.92 Å². The van der Waals surface area contributed by atoms with Crippen LogP contribution >= 0.6 is 0 Å². The fraction of sp³-hybridized carbons (Fsp3) is 0.667. The van der Waals surface area contributed by atoms with E-state index < -0.39 is 0 Å². The molecule has 0 heterocycles. The minimum Gasteiger partial charge on any atom is -0.102 e. The van der Waals surface area contributed by atoms with Gasteiger partial charge in [-0.2, -0.15) is 0 Å². The van der Waals surface area contributed by atoms with Gasteiger partial charge in [0.1, 0.15) is 0 Å². The Morgan fingerprint density at radius 2 is 2.00 bits per heavy atom. The quantitative estimate of drug-likeness (QED) is 0.390. The van der Waals surface area contributed by atoms with Crippen LogP contribution in [0.5, 0.6) is 0 Å². The van der Waals surface area contributed by atoms with Crippen LogP contribution in [0.3, 0.4) is 0 Å². The molecule has 0 rings (SSSR count). The molecule has 0 saturated carbocycles. The van der Waals surface area contributed by atoms with Crippen molar-refractivity contribution >= 4 is 0 Å². The standard InChI is InChI=1S/C12H22/c1-4-7-8-9-11-12(6-3)10-5-2/h5-6,10,12H,3-4,7-9,11H2,1-2H3/b10-5-. The average molecular weight is 166 g/mol. The lowest BCUT2D eigenvalue weighted by Crippen LogP contribution is -1.90. The summed E-state index contributed by atoms with van der Waals surface area (Å²) in [5.74, 6) is 0.604. The Hall–Kier alpha value is -0.520. The second-order valence-electron chi connectivity index (χ2n) is 3.27. The predicted octanol–water partition coefficient (Wildman–Crippen LogP) is 4.34. The first-order valence-electron chi connectivity index (χ1n) is 5.10. The monoisotopic (exact) mass is 166 g/mol. The van der Waals surface area contributed by atoms with Gasteiger partial charge < -0.3 is 0 Å². The molecule has 0 aromatic heterocycles. The van der Waals surface area contributed by atoms with E-state index in [0.717, 1.165) is 0 Å². The van der Waals surface area contributed by atoms with Crippen LogP contribution in [0.4, 0.5) is 0 Å². The molecule has 0 aliphatic rings. The fourth-order valence-electron chi connectivity index (χ4n) is 1.35. The van der Waals surface area contributed by atoms with Crippen molar-refractivity contribution in [2.45, 2.75) is 46.0 Å². The minimum absolute atomic E-state index is 0.604. The highest BCUT2D eigenvalue weighted by molar-refractivity contribution is 4.95. The van der Waals surface area contributed by atoms with Crippen molar-refractivity contribution in [1.29, 1.82) is 0 Å². The molecule has 70 valence electrons. The van der Waals surface area contributed by atoms with E-state index >= 15 is 0 Å². The topological polar surface area (TPSA) is 0 Å². The highest BCUT2D eigenvalue weighted by atomic mass is 14.0. The molecule has 0 radical (unpaired) electrons. The van der Waals surface area contributed by atoms with Gasteiger partial charge in [0.2, 0.25) is 0 Å². The van der Waals surface area contributed by atoms with Crippen molar-refractivity contribution in [3.63, 3.8) is 0 Å². The number of rotatable bonds is 7. The van der Waals surface area contributed by atoms with Gasteiger partial charge in [0, 0.05) is 0 Å². The van der Waals surface area contributed by atoms with E-state index in [1.165, 1.54) is 32.1 Å². The first-order valence-corrected chi connectivity index (χ1v) is 5.10. The summed E-state index contributed by atoms with van der Waals surface area (Å²) in [6, 6.07) is 0.